The minimum absolute atomic E-state index is 0.259. The van der Waals surface area contributed by atoms with Gasteiger partial charge in [0, 0.05) is 11.1 Å². The monoisotopic (exact) mass is 256 g/mol. The molecule has 0 radical (unpaired) electrons. The summed E-state index contributed by atoms with van der Waals surface area (Å²) >= 11 is 0. The molecule has 0 aliphatic rings. The van der Waals surface area contributed by atoms with E-state index in [0.29, 0.717) is 23.5 Å². The Morgan fingerprint density at radius 1 is 1.32 bits per heavy atom. The van der Waals surface area contributed by atoms with Gasteiger partial charge >= 0.3 is 0 Å². The summed E-state index contributed by atoms with van der Waals surface area (Å²) in [5.74, 6) is -0.0664. The molecule has 2 N–H and O–H groups in total. The van der Waals surface area contributed by atoms with Gasteiger partial charge in [-0.25, -0.2) is 14.4 Å². The van der Waals surface area contributed by atoms with Crippen LogP contribution in [0.1, 0.15) is 24.5 Å². The van der Waals surface area contributed by atoms with E-state index in [1.807, 2.05) is 13.0 Å². The summed E-state index contributed by atoms with van der Waals surface area (Å²) < 4.78 is 13.5. The fourth-order valence-electron chi connectivity index (χ4n) is 1.96. The van der Waals surface area contributed by atoms with Gasteiger partial charge in [-0.15, -0.1) is 0 Å². The smallest absolute Gasteiger partial charge is 0.130 e. The molecule has 0 bridgehead atoms. The van der Waals surface area contributed by atoms with Crippen molar-refractivity contribution in [3.8, 4) is 17.3 Å². The predicted molar refractivity (Wildman–Crippen MR) is 70.5 cm³/mol. The molecule has 1 aromatic carbocycles. The van der Waals surface area contributed by atoms with Gasteiger partial charge in [-0.3, -0.25) is 0 Å². The van der Waals surface area contributed by atoms with Crippen molar-refractivity contribution in [1.29, 1.82) is 5.26 Å². The summed E-state index contributed by atoms with van der Waals surface area (Å²) in [6, 6.07) is 6.07. The van der Waals surface area contributed by atoms with E-state index < -0.39 is 5.82 Å². The number of nitrogens with two attached hydrogens (primary N) is 1. The first kappa shape index (κ1) is 13.0. The number of nitrogens with zero attached hydrogens (tertiary/aromatic N) is 3. The van der Waals surface area contributed by atoms with Crippen LogP contribution in [-0.4, -0.2) is 9.97 Å². The second-order valence-electron chi connectivity index (χ2n) is 4.18. The quantitative estimate of drug-likeness (QED) is 0.916. The molecule has 0 unspecified atom stereocenters. The van der Waals surface area contributed by atoms with Crippen molar-refractivity contribution in [3.05, 3.63) is 41.5 Å². The van der Waals surface area contributed by atoms with E-state index in [9.17, 15) is 4.39 Å². The van der Waals surface area contributed by atoms with Crippen LogP contribution in [-0.2, 0) is 6.42 Å². The summed E-state index contributed by atoms with van der Waals surface area (Å²) in [5.41, 5.74) is 8.03. The van der Waals surface area contributed by atoms with Crippen LogP contribution in [0, 0.1) is 17.1 Å². The third kappa shape index (κ3) is 2.68. The maximum absolute atomic E-state index is 13.5. The molecule has 5 heteroatoms. The number of hydrogen-bond donors (Lipinski definition) is 1. The zero-order valence-electron chi connectivity index (χ0n) is 10.5. The minimum Gasteiger partial charge on any atom is -0.383 e. The Labute approximate surface area is 110 Å². The van der Waals surface area contributed by atoms with E-state index in [1.54, 1.807) is 6.07 Å². The lowest BCUT2D eigenvalue weighted by molar-refractivity contribution is 0.627. The molecule has 0 amide bonds. The van der Waals surface area contributed by atoms with Crippen molar-refractivity contribution in [2.24, 2.45) is 0 Å². The Morgan fingerprint density at radius 2 is 2.11 bits per heavy atom. The molecule has 0 aliphatic heterocycles. The molecule has 96 valence electrons. The van der Waals surface area contributed by atoms with Crippen LogP contribution in [0.4, 0.5) is 10.2 Å². The maximum atomic E-state index is 13.5. The molecule has 0 spiro atoms. The topological polar surface area (TPSA) is 75.6 Å². The number of nitrogen functional groups attached to an aromatic ring is 1. The lowest BCUT2D eigenvalue weighted by Crippen LogP contribution is -2.02. The first-order valence-electron chi connectivity index (χ1n) is 5.96. The summed E-state index contributed by atoms with van der Waals surface area (Å²) in [4.78, 5) is 8.13. The van der Waals surface area contributed by atoms with E-state index in [-0.39, 0.29) is 5.56 Å². The molecule has 0 saturated carbocycles. The van der Waals surface area contributed by atoms with E-state index in [4.69, 9.17) is 11.0 Å². The van der Waals surface area contributed by atoms with E-state index >= 15 is 0 Å². The van der Waals surface area contributed by atoms with Crippen LogP contribution in [0.3, 0.4) is 0 Å². The number of anilines is 1. The average molecular weight is 256 g/mol. The van der Waals surface area contributed by atoms with Crippen molar-refractivity contribution in [1.82, 2.24) is 9.97 Å². The fourth-order valence-corrected chi connectivity index (χ4v) is 1.96. The van der Waals surface area contributed by atoms with Gasteiger partial charge in [-0.1, -0.05) is 13.3 Å². The molecule has 0 atom stereocenters. The summed E-state index contributed by atoms with van der Waals surface area (Å²) in [7, 11) is 0. The zero-order chi connectivity index (χ0) is 13.8. The molecule has 4 nitrogen and oxygen atoms in total. The summed E-state index contributed by atoms with van der Waals surface area (Å²) in [6.07, 6.45) is 2.94. The van der Waals surface area contributed by atoms with Gasteiger partial charge in [0.15, 0.2) is 0 Å². The SMILES string of the molecule is CCCc1c(N)ncnc1-c1cc(F)cc(C#N)c1. The van der Waals surface area contributed by atoms with Gasteiger partial charge in [0.1, 0.15) is 18.0 Å². The maximum Gasteiger partial charge on any atom is 0.130 e. The Bertz CT molecular complexity index is 646. The van der Waals surface area contributed by atoms with Crippen molar-refractivity contribution in [2.75, 3.05) is 5.73 Å². The molecule has 1 aromatic heterocycles. The number of benzene rings is 1. The van der Waals surface area contributed by atoms with Crippen LogP contribution < -0.4 is 5.73 Å². The average Bonchev–Trinajstić information content (AvgIpc) is 2.40. The van der Waals surface area contributed by atoms with Crippen molar-refractivity contribution >= 4 is 5.82 Å². The van der Waals surface area contributed by atoms with E-state index in [1.165, 1.54) is 18.5 Å². The highest BCUT2D eigenvalue weighted by molar-refractivity contribution is 5.68. The number of hydrogen-bond acceptors (Lipinski definition) is 4. The Balaban J connectivity index is 2.62. The Hall–Kier alpha value is -2.48. The molecular formula is C14H13FN4. The second kappa shape index (κ2) is 5.44. The Kier molecular flexibility index (Phi) is 3.71. The highest BCUT2D eigenvalue weighted by Crippen LogP contribution is 2.26. The molecule has 0 saturated heterocycles. The molecule has 1 heterocycles. The van der Waals surface area contributed by atoms with Gasteiger partial charge in [-0.05, 0) is 24.6 Å². The summed E-state index contributed by atoms with van der Waals surface area (Å²) in [5, 5.41) is 8.89. The van der Waals surface area contributed by atoms with Gasteiger partial charge in [0.25, 0.3) is 0 Å². The van der Waals surface area contributed by atoms with Crippen LogP contribution in [0.5, 0.6) is 0 Å². The number of aromatic nitrogens is 2. The standard InChI is InChI=1S/C14H13FN4/c1-2-3-12-13(18-8-19-14(12)17)10-4-9(7-16)5-11(15)6-10/h4-6,8H,2-3H2,1H3,(H2,17,18,19). The van der Waals surface area contributed by atoms with Crippen LogP contribution >= 0.6 is 0 Å². The predicted octanol–water partition coefficient (Wildman–Crippen LogP) is 2.69. The first-order chi connectivity index (χ1) is 9.15. The van der Waals surface area contributed by atoms with E-state index in [2.05, 4.69) is 9.97 Å². The van der Waals surface area contributed by atoms with Gasteiger partial charge in [0.2, 0.25) is 0 Å². The Morgan fingerprint density at radius 3 is 2.79 bits per heavy atom. The number of nitriles is 1. The molecule has 0 fully saturated rings. The van der Waals surface area contributed by atoms with Crippen molar-refractivity contribution in [3.63, 3.8) is 0 Å². The van der Waals surface area contributed by atoms with E-state index in [0.717, 1.165) is 12.0 Å². The van der Waals surface area contributed by atoms with Gasteiger partial charge in [-0.2, -0.15) is 5.26 Å². The lowest BCUT2D eigenvalue weighted by Gasteiger charge is -2.10. The van der Waals surface area contributed by atoms with Crippen LogP contribution in [0.15, 0.2) is 24.5 Å². The molecule has 19 heavy (non-hydrogen) atoms. The molecule has 2 aromatic rings. The minimum atomic E-state index is -0.464. The second-order valence-corrected chi connectivity index (χ2v) is 4.18. The largest absolute Gasteiger partial charge is 0.383 e. The zero-order valence-corrected chi connectivity index (χ0v) is 10.5. The number of rotatable bonds is 3. The molecular weight excluding hydrogens is 243 g/mol. The van der Waals surface area contributed by atoms with Gasteiger partial charge in [0.05, 0.1) is 17.3 Å². The highest BCUT2D eigenvalue weighted by Gasteiger charge is 2.12. The third-order valence-electron chi connectivity index (χ3n) is 2.78. The van der Waals surface area contributed by atoms with Gasteiger partial charge < -0.3 is 5.73 Å². The number of halogens is 1. The fraction of sp³-hybridized carbons (Fsp3) is 0.214. The molecule has 2 rings (SSSR count). The highest BCUT2D eigenvalue weighted by atomic mass is 19.1. The van der Waals surface area contributed by atoms with Crippen molar-refractivity contribution < 1.29 is 4.39 Å². The van der Waals surface area contributed by atoms with Crippen LogP contribution in [0.25, 0.3) is 11.3 Å². The molecule has 0 aliphatic carbocycles. The summed E-state index contributed by atoms with van der Waals surface area (Å²) in [6.45, 7) is 2.02. The van der Waals surface area contributed by atoms with Crippen molar-refractivity contribution in [2.45, 2.75) is 19.8 Å². The lowest BCUT2D eigenvalue weighted by atomic mass is 10.0. The van der Waals surface area contributed by atoms with Crippen LogP contribution in [0.2, 0.25) is 0 Å². The third-order valence-corrected chi connectivity index (χ3v) is 2.78. The first-order valence-corrected chi connectivity index (χ1v) is 5.96. The normalized spacial score (nSPS) is 10.2.